The highest BCUT2D eigenvalue weighted by molar-refractivity contribution is 7.13. The lowest BCUT2D eigenvalue weighted by molar-refractivity contribution is 0.437. The van der Waals surface area contributed by atoms with Gasteiger partial charge in [0.1, 0.15) is 0 Å². The van der Waals surface area contributed by atoms with E-state index < -0.39 is 0 Å². The van der Waals surface area contributed by atoms with E-state index in [1.807, 2.05) is 0 Å². The first-order chi connectivity index (χ1) is 9.18. The third-order valence-corrected chi connectivity index (χ3v) is 3.99. The molecule has 0 unspecified atom stereocenters. The van der Waals surface area contributed by atoms with E-state index in [2.05, 4.69) is 10.1 Å². The Bertz CT molecular complexity index is 704. The van der Waals surface area contributed by atoms with Crippen molar-refractivity contribution < 1.29 is 4.52 Å². The van der Waals surface area contributed by atoms with Crippen LogP contribution in [0.2, 0.25) is 10.0 Å². The number of thiazole rings is 1. The van der Waals surface area contributed by atoms with Gasteiger partial charge in [-0.25, -0.2) is 0 Å². The maximum Gasteiger partial charge on any atom is 0.188 e. The fraction of sp³-hybridized carbons (Fsp3) is 0. The minimum Gasteiger partial charge on any atom is -0.380 e. The molecule has 0 amide bonds. The van der Waals surface area contributed by atoms with Crippen molar-refractivity contribution in [3.05, 3.63) is 40.0 Å². The monoisotopic (exact) mass is 311 g/mol. The molecule has 4 nitrogen and oxygen atoms in total. The molecule has 19 heavy (non-hydrogen) atoms. The zero-order valence-electron chi connectivity index (χ0n) is 9.43. The molecule has 3 aromatic rings. The lowest BCUT2D eigenvalue weighted by atomic mass is 10.1. The first-order valence-electron chi connectivity index (χ1n) is 5.27. The highest BCUT2D eigenvalue weighted by Gasteiger charge is 2.22. The lowest BCUT2D eigenvalue weighted by Gasteiger charge is -2.06. The van der Waals surface area contributed by atoms with Crippen LogP contribution in [-0.4, -0.2) is 10.1 Å². The molecule has 2 heterocycles. The van der Waals surface area contributed by atoms with Gasteiger partial charge in [0.15, 0.2) is 11.6 Å². The zero-order valence-corrected chi connectivity index (χ0v) is 11.8. The maximum atomic E-state index is 6.20. The van der Waals surface area contributed by atoms with Crippen LogP contribution in [0.4, 0.5) is 5.82 Å². The quantitative estimate of drug-likeness (QED) is 0.764. The minimum atomic E-state index is 0.249. The molecule has 0 radical (unpaired) electrons. The molecular formula is C12H7Cl2N3OS. The molecule has 0 aliphatic carbocycles. The molecule has 0 spiro atoms. The summed E-state index contributed by atoms with van der Waals surface area (Å²) in [5, 5.41) is 4.78. The smallest absolute Gasteiger partial charge is 0.188 e. The number of hydrogen-bond acceptors (Lipinski definition) is 5. The van der Waals surface area contributed by atoms with Crippen LogP contribution in [0.5, 0.6) is 0 Å². The summed E-state index contributed by atoms with van der Waals surface area (Å²) in [6.07, 6.45) is 1.68. The molecule has 1 aromatic carbocycles. The predicted molar refractivity (Wildman–Crippen MR) is 77.5 cm³/mol. The molecule has 0 saturated carbocycles. The number of hydrogen-bond donors (Lipinski definition) is 1. The van der Waals surface area contributed by atoms with Crippen LogP contribution in [0.15, 0.2) is 34.4 Å². The highest BCUT2D eigenvalue weighted by Crippen LogP contribution is 2.44. The van der Waals surface area contributed by atoms with Gasteiger partial charge in [-0.15, -0.1) is 11.3 Å². The number of rotatable bonds is 2. The average molecular weight is 312 g/mol. The molecular weight excluding hydrogens is 305 g/mol. The number of nitrogen functional groups attached to an aromatic ring is 1. The molecule has 7 heteroatoms. The third kappa shape index (κ3) is 2.10. The summed E-state index contributed by atoms with van der Waals surface area (Å²) in [6, 6.07) is 5.25. The molecule has 0 saturated heterocycles. The fourth-order valence-corrected chi connectivity index (χ4v) is 2.97. The largest absolute Gasteiger partial charge is 0.380 e. The number of benzene rings is 1. The Hall–Kier alpha value is -1.56. The predicted octanol–water partition coefficient (Wildman–Crippen LogP) is 4.35. The van der Waals surface area contributed by atoms with Gasteiger partial charge in [0, 0.05) is 11.8 Å². The average Bonchev–Trinajstić information content (AvgIpc) is 2.99. The Morgan fingerprint density at radius 2 is 1.89 bits per heavy atom. The summed E-state index contributed by atoms with van der Waals surface area (Å²) in [5.41, 5.74) is 8.80. The Labute approximate surface area is 122 Å². The highest BCUT2D eigenvalue weighted by atomic mass is 35.5. The van der Waals surface area contributed by atoms with E-state index in [-0.39, 0.29) is 5.82 Å². The van der Waals surface area contributed by atoms with Gasteiger partial charge >= 0.3 is 0 Å². The maximum absolute atomic E-state index is 6.20. The Balaban J connectivity index is 2.29. The second-order valence-electron chi connectivity index (χ2n) is 3.73. The van der Waals surface area contributed by atoms with E-state index in [1.54, 1.807) is 29.9 Å². The second-order valence-corrected chi connectivity index (χ2v) is 5.44. The topological polar surface area (TPSA) is 64.9 Å². The van der Waals surface area contributed by atoms with Crippen molar-refractivity contribution in [1.29, 1.82) is 0 Å². The third-order valence-electron chi connectivity index (χ3n) is 2.59. The Morgan fingerprint density at radius 1 is 1.16 bits per heavy atom. The van der Waals surface area contributed by atoms with Crippen molar-refractivity contribution in [1.82, 2.24) is 10.1 Å². The molecule has 96 valence electrons. The van der Waals surface area contributed by atoms with E-state index in [0.717, 1.165) is 4.88 Å². The molecule has 2 N–H and O–H groups in total. The number of aromatic nitrogens is 2. The molecule has 0 fully saturated rings. The van der Waals surface area contributed by atoms with Gasteiger partial charge < -0.3 is 10.3 Å². The molecule has 0 aliphatic rings. The molecule has 2 aromatic heterocycles. The van der Waals surface area contributed by atoms with Gasteiger partial charge in [0.05, 0.1) is 26.0 Å². The van der Waals surface area contributed by atoms with Gasteiger partial charge in [-0.2, -0.15) is 0 Å². The number of halogens is 2. The zero-order chi connectivity index (χ0) is 13.4. The van der Waals surface area contributed by atoms with Crippen LogP contribution in [0.3, 0.4) is 0 Å². The fourth-order valence-electron chi connectivity index (χ4n) is 1.78. The summed E-state index contributed by atoms with van der Waals surface area (Å²) in [5.74, 6) is 0.772. The van der Waals surface area contributed by atoms with E-state index in [0.29, 0.717) is 26.9 Å². The Kier molecular flexibility index (Phi) is 3.18. The van der Waals surface area contributed by atoms with Crippen molar-refractivity contribution in [2.75, 3.05) is 5.73 Å². The van der Waals surface area contributed by atoms with E-state index in [4.69, 9.17) is 33.5 Å². The SMILES string of the molecule is Nc1noc(-c2cncs2)c1-c1c(Cl)cccc1Cl. The summed E-state index contributed by atoms with van der Waals surface area (Å²) < 4.78 is 5.28. The van der Waals surface area contributed by atoms with Crippen LogP contribution in [0.1, 0.15) is 0 Å². The van der Waals surface area contributed by atoms with Crippen molar-refractivity contribution in [3.8, 4) is 21.8 Å². The lowest BCUT2D eigenvalue weighted by Crippen LogP contribution is -1.90. The van der Waals surface area contributed by atoms with Crippen molar-refractivity contribution in [3.63, 3.8) is 0 Å². The van der Waals surface area contributed by atoms with E-state index in [1.165, 1.54) is 11.3 Å². The summed E-state index contributed by atoms with van der Waals surface area (Å²) >= 11 is 13.8. The van der Waals surface area contributed by atoms with Crippen LogP contribution in [0.25, 0.3) is 21.8 Å². The number of anilines is 1. The van der Waals surface area contributed by atoms with Crippen LogP contribution >= 0.6 is 34.5 Å². The second kappa shape index (κ2) is 4.85. The summed E-state index contributed by atoms with van der Waals surface area (Å²) in [6.45, 7) is 0. The standard InChI is InChI=1S/C12H7Cl2N3OS/c13-6-2-1-3-7(14)9(6)10-11(18-17-12(10)15)8-4-16-5-19-8/h1-5H,(H2,15,17). The summed E-state index contributed by atoms with van der Waals surface area (Å²) in [4.78, 5) is 4.83. The number of nitrogens with two attached hydrogens (primary N) is 1. The molecule has 3 rings (SSSR count). The van der Waals surface area contributed by atoms with E-state index >= 15 is 0 Å². The first-order valence-corrected chi connectivity index (χ1v) is 6.90. The van der Waals surface area contributed by atoms with Gasteiger partial charge in [-0.1, -0.05) is 34.4 Å². The van der Waals surface area contributed by atoms with Gasteiger partial charge in [0.2, 0.25) is 0 Å². The van der Waals surface area contributed by atoms with Crippen molar-refractivity contribution in [2.24, 2.45) is 0 Å². The normalized spacial score (nSPS) is 10.8. The first kappa shape index (κ1) is 12.5. The van der Waals surface area contributed by atoms with Gasteiger partial charge in [-0.3, -0.25) is 4.98 Å². The summed E-state index contributed by atoms with van der Waals surface area (Å²) in [7, 11) is 0. The van der Waals surface area contributed by atoms with Gasteiger partial charge in [-0.05, 0) is 12.1 Å². The molecule has 0 aliphatic heterocycles. The van der Waals surface area contributed by atoms with Gasteiger partial charge in [0.25, 0.3) is 0 Å². The Morgan fingerprint density at radius 3 is 2.53 bits per heavy atom. The minimum absolute atomic E-state index is 0.249. The van der Waals surface area contributed by atoms with E-state index in [9.17, 15) is 0 Å². The number of nitrogens with zero attached hydrogens (tertiary/aromatic N) is 2. The van der Waals surface area contributed by atoms with Crippen LogP contribution in [-0.2, 0) is 0 Å². The molecule has 0 atom stereocenters. The van der Waals surface area contributed by atoms with Crippen molar-refractivity contribution in [2.45, 2.75) is 0 Å². The van der Waals surface area contributed by atoms with Crippen LogP contribution in [0, 0.1) is 0 Å². The van der Waals surface area contributed by atoms with Crippen LogP contribution < -0.4 is 5.73 Å². The molecule has 0 bridgehead atoms. The van der Waals surface area contributed by atoms with Crippen molar-refractivity contribution >= 4 is 40.4 Å².